The van der Waals surface area contributed by atoms with Gasteiger partial charge in [-0.1, -0.05) is 54.1 Å². The highest BCUT2D eigenvalue weighted by Crippen LogP contribution is 2.42. The van der Waals surface area contributed by atoms with Crippen LogP contribution in [0.2, 0.25) is 5.02 Å². The van der Waals surface area contributed by atoms with Crippen LogP contribution < -0.4 is 4.74 Å². The fourth-order valence-corrected chi connectivity index (χ4v) is 8.03. The minimum atomic E-state index is -0.525. The Morgan fingerprint density at radius 2 is 1.76 bits per heavy atom. The zero-order valence-electron chi connectivity index (χ0n) is 29.8. The molecule has 0 N–H and O–H groups in total. The van der Waals surface area contributed by atoms with E-state index in [9.17, 15) is 9.59 Å². The Morgan fingerprint density at radius 3 is 2.50 bits per heavy atom. The second kappa shape index (κ2) is 13.4. The SMILES string of the molecule is Cc1nn(C)c(C)c1-c1c(Cl)ccc2c(CCCOc3cccc4ccccc34)c(C=O)n(CCN3CCN(C(=O)OC(C)(C)C)C4CC43)c12. The van der Waals surface area contributed by atoms with Crippen molar-refractivity contribution >= 4 is 45.7 Å². The Bertz CT molecular complexity index is 2090. The molecule has 0 radical (unpaired) electrons. The van der Waals surface area contributed by atoms with Gasteiger partial charge in [-0.15, -0.1) is 0 Å². The first-order valence-corrected chi connectivity index (χ1v) is 18.0. The number of aromatic nitrogens is 3. The maximum atomic E-state index is 13.1. The molecule has 3 heterocycles. The summed E-state index contributed by atoms with van der Waals surface area (Å²) in [6, 6.07) is 18.8. The standard InChI is InChI=1S/C40H46ClN5O4/c1-25-36(26(2)43(6)42-25)37-31(41)17-16-30-29(14-10-22-49-35-15-9-12-27-11-7-8-13-28(27)35)34(24-47)45(38(30)37)20-18-44-19-21-46(33-23-32(33)44)39(48)50-40(3,4)5/h7-9,11-13,15-17,24,32-33H,10,14,18-23H2,1-6H3. The molecule has 1 amide bonds. The Kier molecular flexibility index (Phi) is 9.16. The summed E-state index contributed by atoms with van der Waals surface area (Å²) >= 11 is 7.06. The summed E-state index contributed by atoms with van der Waals surface area (Å²) in [7, 11) is 1.94. The molecule has 9 nitrogen and oxygen atoms in total. The number of halogens is 1. The largest absolute Gasteiger partial charge is 0.493 e. The van der Waals surface area contributed by atoms with E-state index in [2.05, 4.69) is 40.7 Å². The molecular weight excluding hydrogens is 650 g/mol. The first kappa shape index (κ1) is 34.1. The number of carbonyl (C=O) groups excluding carboxylic acids is 2. The topological polar surface area (TPSA) is 81.8 Å². The predicted molar refractivity (Wildman–Crippen MR) is 198 cm³/mol. The van der Waals surface area contributed by atoms with E-state index in [1.165, 1.54) is 0 Å². The average molecular weight is 696 g/mol. The van der Waals surface area contributed by atoms with Gasteiger partial charge in [0.1, 0.15) is 11.4 Å². The van der Waals surface area contributed by atoms with Crippen molar-refractivity contribution in [2.45, 2.75) is 78.1 Å². The summed E-state index contributed by atoms with van der Waals surface area (Å²) in [4.78, 5) is 30.3. The monoisotopic (exact) mass is 695 g/mol. The van der Waals surface area contributed by atoms with Gasteiger partial charge in [-0.2, -0.15) is 5.10 Å². The molecule has 5 aromatic rings. The third-order valence-electron chi connectivity index (χ3n) is 10.2. The third-order valence-corrected chi connectivity index (χ3v) is 10.5. The van der Waals surface area contributed by atoms with Gasteiger partial charge in [0.2, 0.25) is 0 Å². The van der Waals surface area contributed by atoms with Crippen LogP contribution >= 0.6 is 11.6 Å². The van der Waals surface area contributed by atoms with Gasteiger partial charge in [-0.3, -0.25) is 14.4 Å². The number of benzene rings is 3. The molecule has 0 bridgehead atoms. The number of carbonyl (C=O) groups is 2. The van der Waals surface area contributed by atoms with Crippen molar-refractivity contribution in [3.05, 3.63) is 82.3 Å². The molecular formula is C40H46ClN5O4. The van der Waals surface area contributed by atoms with Crippen molar-refractivity contribution in [3.63, 3.8) is 0 Å². The van der Waals surface area contributed by atoms with Gasteiger partial charge < -0.3 is 18.9 Å². The van der Waals surface area contributed by atoms with Gasteiger partial charge in [0.25, 0.3) is 0 Å². The van der Waals surface area contributed by atoms with Crippen LogP contribution in [0.4, 0.5) is 4.79 Å². The number of piperazine rings is 1. The summed E-state index contributed by atoms with van der Waals surface area (Å²) in [5.41, 5.74) is 5.93. The lowest BCUT2D eigenvalue weighted by Gasteiger charge is -2.35. The van der Waals surface area contributed by atoms with E-state index in [0.29, 0.717) is 36.8 Å². The lowest BCUT2D eigenvalue weighted by atomic mass is 9.98. The number of aryl methyl sites for hydroxylation is 3. The van der Waals surface area contributed by atoms with E-state index in [4.69, 9.17) is 26.2 Å². The molecule has 10 heteroatoms. The molecule has 1 aliphatic heterocycles. The van der Waals surface area contributed by atoms with E-state index in [1.54, 1.807) is 0 Å². The number of amides is 1. The summed E-state index contributed by atoms with van der Waals surface area (Å²) in [5.74, 6) is 0.864. The van der Waals surface area contributed by atoms with Gasteiger partial charge >= 0.3 is 6.09 Å². The number of hydrogen-bond donors (Lipinski definition) is 0. The van der Waals surface area contributed by atoms with Crippen molar-refractivity contribution in [2.24, 2.45) is 7.05 Å². The fourth-order valence-electron chi connectivity index (χ4n) is 7.78. The molecule has 2 aliphatic rings. The second-order valence-electron chi connectivity index (χ2n) is 14.6. The van der Waals surface area contributed by atoms with Crippen LogP contribution in [0, 0.1) is 13.8 Å². The molecule has 7 rings (SSSR count). The Hall–Kier alpha value is -4.34. The minimum Gasteiger partial charge on any atom is -0.493 e. The number of rotatable bonds is 10. The van der Waals surface area contributed by atoms with Crippen LogP contribution in [0.3, 0.4) is 0 Å². The Balaban J connectivity index is 1.18. The van der Waals surface area contributed by atoms with Gasteiger partial charge in [0, 0.05) is 66.9 Å². The number of hydrogen-bond acceptors (Lipinski definition) is 6. The van der Waals surface area contributed by atoms with Crippen molar-refractivity contribution in [1.82, 2.24) is 24.1 Å². The smallest absolute Gasteiger partial charge is 0.410 e. The molecule has 2 atom stereocenters. The highest BCUT2D eigenvalue weighted by Gasteiger charge is 2.51. The molecule has 2 fully saturated rings. The summed E-state index contributed by atoms with van der Waals surface area (Å²) in [5, 5.41) is 8.61. The van der Waals surface area contributed by atoms with Crippen molar-refractivity contribution in [3.8, 4) is 16.9 Å². The third kappa shape index (κ3) is 6.37. The zero-order chi connectivity index (χ0) is 35.3. The molecule has 50 heavy (non-hydrogen) atoms. The highest BCUT2D eigenvalue weighted by atomic mass is 35.5. The van der Waals surface area contributed by atoms with Crippen LogP contribution in [-0.2, 0) is 24.8 Å². The maximum Gasteiger partial charge on any atom is 0.410 e. The molecule has 2 unspecified atom stereocenters. The molecule has 2 aromatic heterocycles. The lowest BCUT2D eigenvalue weighted by Crippen LogP contribution is -2.50. The maximum absolute atomic E-state index is 13.1. The van der Waals surface area contributed by atoms with Gasteiger partial charge in [-0.05, 0) is 77.0 Å². The fraction of sp³-hybridized carbons (Fsp3) is 0.425. The second-order valence-corrected chi connectivity index (χ2v) is 15.0. The van der Waals surface area contributed by atoms with E-state index in [-0.39, 0.29) is 18.2 Å². The molecule has 1 saturated heterocycles. The molecule has 262 valence electrons. The predicted octanol–water partition coefficient (Wildman–Crippen LogP) is 7.98. The van der Waals surface area contributed by atoms with Gasteiger partial charge in [0.05, 0.1) is 34.6 Å². The normalized spacial score (nSPS) is 17.7. The van der Waals surface area contributed by atoms with Gasteiger partial charge in [-0.25, -0.2) is 4.79 Å². The van der Waals surface area contributed by atoms with Crippen LogP contribution in [0.1, 0.15) is 61.1 Å². The summed E-state index contributed by atoms with van der Waals surface area (Å²) < 4.78 is 16.1. The number of fused-ring (bicyclic) bond motifs is 3. The van der Waals surface area contributed by atoms with Crippen LogP contribution in [0.25, 0.3) is 32.8 Å². The van der Waals surface area contributed by atoms with E-state index < -0.39 is 5.60 Å². The van der Waals surface area contributed by atoms with Crippen LogP contribution in [0.5, 0.6) is 5.75 Å². The average Bonchev–Trinajstić information content (AvgIpc) is 3.77. The Morgan fingerprint density at radius 1 is 0.980 bits per heavy atom. The van der Waals surface area contributed by atoms with Crippen molar-refractivity contribution in [2.75, 3.05) is 26.2 Å². The number of aldehydes is 1. The molecule has 3 aromatic carbocycles. The molecule has 1 saturated carbocycles. The van der Waals surface area contributed by atoms with Crippen molar-refractivity contribution < 1.29 is 19.1 Å². The minimum absolute atomic E-state index is 0.161. The summed E-state index contributed by atoms with van der Waals surface area (Å²) in [6.45, 7) is 13.0. The highest BCUT2D eigenvalue weighted by molar-refractivity contribution is 6.35. The van der Waals surface area contributed by atoms with Crippen molar-refractivity contribution in [1.29, 1.82) is 0 Å². The zero-order valence-corrected chi connectivity index (χ0v) is 30.6. The van der Waals surface area contributed by atoms with E-state index in [1.807, 2.05) is 74.7 Å². The van der Waals surface area contributed by atoms with E-state index in [0.717, 1.165) is 87.7 Å². The van der Waals surface area contributed by atoms with Crippen LogP contribution in [-0.4, -0.2) is 80.5 Å². The summed E-state index contributed by atoms with van der Waals surface area (Å²) in [6.07, 6.45) is 3.11. The van der Waals surface area contributed by atoms with Gasteiger partial charge in [0.15, 0.2) is 6.29 Å². The Labute approximate surface area is 298 Å². The first-order chi connectivity index (χ1) is 24.0. The van der Waals surface area contributed by atoms with Crippen LogP contribution in [0.15, 0.2) is 54.6 Å². The number of ether oxygens (including phenoxy) is 2. The quantitative estimate of drug-likeness (QED) is 0.109. The number of nitrogens with zero attached hydrogens (tertiary/aromatic N) is 5. The lowest BCUT2D eigenvalue weighted by molar-refractivity contribution is 0.0129. The first-order valence-electron chi connectivity index (χ1n) is 17.6. The molecule has 1 aliphatic carbocycles. The molecule has 0 spiro atoms. The van der Waals surface area contributed by atoms with E-state index >= 15 is 0 Å².